The van der Waals surface area contributed by atoms with E-state index in [-0.39, 0.29) is 12.4 Å². The third kappa shape index (κ3) is 7.55. The van der Waals surface area contributed by atoms with Crippen molar-refractivity contribution in [2.75, 3.05) is 34.4 Å². The van der Waals surface area contributed by atoms with Gasteiger partial charge < -0.3 is 14.8 Å². The van der Waals surface area contributed by atoms with Crippen LogP contribution in [0.2, 0.25) is 0 Å². The van der Waals surface area contributed by atoms with Gasteiger partial charge in [-0.3, -0.25) is 4.99 Å². The van der Waals surface area contributed by atoms with E-state index in [9.17, 15) is 0 Å². The fraction of sp³-hybridized carbons (Fsp3) is 0.714. The van der Waals surface area contributed by atoms with Crippen molar-refractivity contribution in [3.63, 3.8) is 0 Å². The molecular weight excluding hydrogens is 194 g/mol. The summed E-state index contributed by atoms with van der Waals surface area (Å²) in [5.74, 6) is 0.620. The summed E-state index contributed by atoms with van der Waals surface area (Å²) in [5.41, 5.74) is 0. The normalized spacial score (nSPS) is 11.5. The zero-order valence-corrected chi connectivity index (χ0v) is 8.91. The summed E-state index contributed by atoms with van der Waals surface area (Å²) < 4.78 is 4.82. The van der Waals surface area contributed by atoms with Crippen LogP contribution in [0.1, 0.15) is 0 Å². The molecule has 0 aliphatic rings. The quantitative estimate of drug-likeness (QED) is 0.241. The number of amidine groups is 1. The Kier molecular flexibility index (Phi) is 10.5. The van der Waals surface area contributed by atoms with Crippen LogP contribution in [0.5, 0.6) is 0 Å². The first kappa shape index (κ1) is 14.7. The smallest absolute Gasteiger partial charge is 0.145 e. The molecule has 0 bridgehead atoms. The second-order valence-electron chi connectivity index (χ2n) is 2.37. The summed E-state index contributed by atoms with van der Waals surface area (Å²) in [5, 5.41) is 11.2. The molecule has 13 heavy (non-hydrogen) atoms. The van der Waals surface area contributed by atoms with Crippen molar-refractivity contribution in [3.8, 4) is 0 Å². The second kappa shape index (κ2) is 9.28. The Balaban J connectivity index is 0. The minimum Gasteiger partial charge on any atom is -0.411 e. The first-order chi connectivity index (χ1) is 5.72. The lowest BCUT2D eigenvalue weighted by atomic mass is 10.5. The molecule has 0 unspecified atom stereocenters. The fourth-order valence-electron chi connectivity index (χ4n) is 0.601. The van der Waals surface area contributed by atoms with Crippen LogP contribution < -0.4 is 0 Å². The molecule has 0 aromatic heterocycles. The van der Waals surface area contributed by atoms with Crippen LogP contribution in [0, 0.1) is 0 Å². The van der Waals surface area contributed by atoms with Gasteiger partial charge in [-0.25, -0.2) is 0 Å². The van der Waals surface area contributed by atoms with Crippen LogP contribution in [-0.4, -0.2) is 56.5 Å². The summed E-state index contributed by atoms with van der Waals surface area (Å²) in [6.45, 7) is 1.13. The van der Waals surface area contributed by atoms with Crippen molar-refractivity contribution in [1.82, 2.24) is 4.90 Å². The Labute approximate surface area is 84.5 Å². The highest BCUT2D eigenvalue weighted by Crippen LogP contribution is 1.82. The molecule has 0 atom stereocenters. The van der Waals surface area contributed by atoms with Gasteiger partial charge in [-0.15, -0.1) is 12.4 Å². The number of oxime groups is 1. The molecule has 0 amide bonds. The maximum absolute atomic E-state index is 8.27. The Morgan fingerprint density at radius 2 is 2.15 bits per heavy atom. The largest absolute Gasteiger partial charge is 0.411 e. The molecule has 0 radical (unpaired) electrons. The lowest BCUT2D eigenvalue weighted by Crippen LogP contribution is -2.24. The number of halogens is 1. The number of nitrogens with zero attached hydrogens (tertiary/aromatic N) is 3. The summed E-state index contributed by atoms with van der Waals surface area (Å²) in [6.07, 6.45) is 1.29. The van der Waals surface area contributed by atoms with Gasteiger partial charge in [0.05, 0.1) is 13.2 Å². The number of hydrogen-bond donors (Lipinski definition) is 1. The average molecular weight is 210 g/mol. The van der Waals surface area contributed by atoms with E-state index in [0.717, 1.165) is 0 Å². The van der Waals surface area contributed by atoms with Gasteiger partial charge in [-0.2, -0.15) is 0 Å². The molecule has 78 valence electrons. The van der Waals surface area contributed by atoms with Crippen LogP contribution in [0.15, 0.2) is 10.1 Å². The van der Waals surface area contributed by atoms with Gasteiger partial charge >= 0.3 is 0 Å². The monoisotopic (exact) mass is 209 g/mol. The highest BCUT2D eigenvalue weighted by Gasteiger charge is 1.96. The third-order valence-electron chi connectivity index (χ3n) is 1.20. The van der Waals surface area contributed by atoms with Gasteiger partial charge in [0.2, 0.25) is 0 Å². The molecule has 0 aromatic rings. The lowest BCUT2D eigenvalue weighted by Gasteiger charge is -2.10. The minimum atomic E-state index is 0. The van der Waals surface area contributed by atoms with Crippen molar-refractivity contribution >= 4 is 24.5 Å². The number of rotatable bonds is 4. The second-order valence-corrected chi connectivity index (χ2v) is 2.37. The standard InChI is InChI=1S/C7H15N3O2.ClH/c1-10(2)7(6-9-11)8-4-5-12-3;/h6,11H,4-5H2,1-3H3;1H/b8-7-,9-6+;. The summed E-state index contributed by atoms with van der Waals surface area (Å²) >= 11 is 0. The first-order valence-electron chi connectivity index (χ1n) is 3.60. The molecule has 0 aliphatic heterocycles. The van der Waals surface area contributed by atoms with E-state index < -0.39 is 0 Å². The Morgan fingerprint density at radius 3 is 2.54 bits per heavy atom. The van der Waals surface area contributed by atoms with Crippen LogP contribution in [0.3, 0.4) is 0 Å². The first-order valence-corrected chi connectivity index (χ1v) is 3.60. The molecule has 6 heteroatoms. The van der Waals surface area contributed by atoms with Crippen LogP contribution in [0.4, 0.5) is 0 Å². The molecule has 0 spiro atoms. The van der Waals surface area contributed by atoms with Gasteiger partial charge in [0.1, 0.15) is 12.1 Å². The highest BCUT2D eigenvalue weighted by molar-refractivity contribution is 6.28. The third-order valence-corrected chi connectivity index (χ3v) is 1.20. The van der Waals surface area contributed by atoms with Gasteiger partial charge in [-0.05, 0) is 0 Å². The van der Waals surface area contributed by atoms with E-state index >= 15 is 0 Å². The zero-order chi connectivity index (χ0) is 9.40. The Bertz CT molecular complexity index is 171. The molecule has 1 N–H and O–H groups in total. The lowest BCUT2D eigenvalue weighted by molar-refractivity contribution is 0.208. The van der Waals surface area contributed by atoms with Gasteiger partial charge in [-0.1, -0.05) is 5.16 Å². The molecule has 0 saturated heterocycles. The van der Waals surface area contributed by atoms with Crippen molar-refractivity contribution in [2.45, 2.75) is 0 Å². The Morgan fingerprint density at radius 1 is 1.54 bits per heavy atom. The molecule has 0 aliphatic carbocycles. The molecule has 0 rings (SSSR count). The predicted octanol–water partition coefficient (Wildman–Crippen LogP) is 0.475. The van der Waals surface area contributed by atoms with E-state index in [1.165, 1.54) is 6.21 Å². The highest BCUT2D eigenvalue weighted by atomic mass is 35.5. The molecule has 0 heterocycles. The van der Waals surface area contributed by atoms with E-state index in [2.05, 4.69) is 10.1 Å². The topological polar surface area (TPSA) is 57.4 Å². The predicted molar refractivity (Wildman–Crippen MR) is 55.4 cm³/mol. The number of methoxy groups -OCH3 is 1. The molecule has 5 nitrogen and oxygen atoms in total. The number of aliphatic imine (C=N–C) groups is 1. The Hall–Kier alpha value is -0.810. The van der Waals surface area contributed by atoms with Crippen LogP contribution in [0.25, 0.3) is 0 Å². The van der Waals surface area contributed by atoms with Crippen LogP contribution in [-0.2, 0) is 4.74 Å². The van der Waals surface area contributed by atoms with Crippen molar-refractivity contribution < 1.29 is 9.94 Å². The van der Waals surface area contributed by atoms with Crippen molar-refractivity contribution in [3.05, 3.63) is 0 Å². The molecule has 0 fully saturated rings. The number of hydrogen-bond acceptors (Lipinski definition) is 4. The van der Waals surface area contributed by atoms with Gasteiger partial charge in [0.25, 0.3) is 0 Å². The molecule has 0 saturated carbocycles. The van der Waals surface area contributed by atoms with E-state index in [0.29, 0.717) is 19.0 Å². The maximum atomic E-state index is 8.27. The summed E-state index contributed by atoms with van der Waals surface area (Å²) in [7, 11) is 5.27. The molecular formula is C7H16ClN3O2. The van der Waals surface area contributed by atoms with Gasteiger partial charge in [0.15, 0.2) is 0 Å². The van der Waals surface area contributed by atoms with Crippen LogP contribution >= 0.6 is 12.4 Å². The minimum absolute atomic E-state index is 0. The summed E-state index contributed by atoms with van der Waals surface area (Å²) in [4.78, 5) is 5.87. The number of ether oxygens (including phenoxy) is 1. The van der Waals surface area contributed by atoms with Gasteiger partial charge in [0, 0.05) is 21.2 Å². The van der Waals surface area contributed by atoms with Crippen molar-refractivity contribution in [2.24, 2.45) is 10.1 Å². The maximum Gasteiger partial charge on any atom is 0.145 e. The van der Waals surface area contributed by atoms with E-state index in [4.69, 9.17) is 9.94 Å². The fourth-order valence-corrected chi connectivity index (χ4v) is 0.601. The molecule has 0 aromatic carbocycles. The SMILES string of the molecule is COCC/N=C(/C=N/O)N(C)C.Cl. The van der Waals surface area contributed by atoms with E-state index in [1.807, 2.05) is 14.1 Å². The zero-order valence-electron chi connectivity index (χ0n) is 8.10. The van der Waals surface area contributed by atoms with Crippen molar-refractivity contribution in [1.29, 1.82) is 0 Å². The summed E-state index contributed by atoms with van der Waals surface area (Å²) in [6, 6.07) is 0. The average Bonchev–Trinajstić information content (AvgIpc) is 2.03. The van der Waals surface area contributed by atoms with E-state index in [1.54, 1.807) is 12.0 Å².